The van der Waals surface area contributed by atoms with E-state index in [1.807, 2.05) is 35.0 Å². The van der Waals surface area contributed by atoms with Crippen LogP contribution in [0.5, 0.6) is 0 Å². The predicted molar refractivity (Wildman–Crippen MR) is 81.5 cm³/mol. The average molecular weight is 263 g/mol. The Hall–Kier alpha value is -2.55. The highest BCUT2D eigenvalue weighted by Gasteiger charge is 2.19. The number of hydrogen-bond donors (Lipinski definition) is 1. The third-order valence-electron chi connectivity index (χ3n) is 3.54. The molecule has 20 heavy (non-hydrogen) atoms. The summed E-state index contributed by atoms with van der Waals surface area (Å²) in [5, 5.41) is 4.40. The molecule has 1 aromatic heterocycles. The molecule has 3 aromatic rings. The Labute approximate surface area is 118 Å². The Morgan fingerprint density at radius 1 is 0.950 bits per heavy atom. The molecule has 1 unspecified atom stereocenters. The summed E-state index contributed by atoms with van der Waals surface area (Å²) in [7, 11) is 0. The molecule has 0 saturated heterocycles. The van der Waals surface area contributed by atoms with Gasteiger partial charge in [0.05, 0.1) is 6.20 Å². The van der Waals surface area contributed by atoms with E-state index in [0.717, 1.165) is 0 Å². The van der Waals surface area contributed by atoms with Crippen LogP contribution >= 0.6 is 0 Å². The van der Waals surface area contributed by atoms with E-state index in [1.54, 1.807) is 6.20 Å². The number of nitrogens with two attached hydrogens (primary N) is 1. The Kier molecular flexibility index (Phi) is 3.25. The highest BCUT2D eigenvalue weighted by Crippen LogP contribution is 2.29. The van der Waals surface area contributed by atoms with Crippen LogP contribution in [0.4, 0.5) is 5.82 Å². The maximum absolute atomic E-state index is 6.07. The van der Waals surface area contributed by atoms with Crippen molar-refractivity contribution in [3.63, 3.8) is 0 Å². The molecule has 0 aliphatic carbocycles. The fourth-order valence-electron chi connectivity index (χ4n) is 2.52. The first-order valence-corrected chi connectivity index (χ1v) is 6.67. The Morgan fingerprint density at radius 3 is 2.30 bits per heavy atom. The fraction of sp³-hybridized carbons (Fsp3) is 0.118. The number of aryl methyl sites for hydroxylation is 1. The highest BCUT2D eigenvalue weighted by molar-refractivity contribution is 5.40. The van der Waals surface area contributed by atoms with E-state index in [9.17, 15) is 0 Å². The van der Waals surface area contributed by atoms with Crippen molar-refractivity contribution in [3.05, 3.63) is 83.6 Å². The van der Waals surface area contributed by atoms with Crippen LogP contribution in [0.3, 0.4) is 0 Å². The molecule has 2 aromatic carbocycles. The molecule has 0 amide bonds. The van der Waals surface area contributed by atoms with Crippen LogP contribution < -0.4 is 5.73 Å². The van der Waals surface area contributed by atoms with E-state index in [1.165, 1.54) is 16.7 Å². The number of benzene rings is 2. The lowest BCUT2D eigenvalue weighted by Gasteiger charge is -2.21. The SMILES string of the molecule is Cc1ccccc1C(c1ccccc1)n1nccc1N. The molecule has 0 aliphatic heterocycles. The summed E-state index contributed by atoms with van der Waals surface area (Å²) in [6.07, 6.45) is 1.74. The Bertz CT molecular complexity index is 701. The lowest BCUT2D eigenvalue weighted by Crippen LogP contribution is -2.16. The monoisotopic (exact) mass is 263 g/mol. The van der Waals surface area contributed by atoms with Gasteiger partial charge in [0.15, 0.2) is 0 Å². The molecule has 0 radical (unpaired) electrons. The van der Waals surface area contributed by atoms with E-state index < -0.39 is 0 Å². The largest absolute Gasteiger partial charge is 0.384 e. The second-order valence-corrected chi connectivity index (χ2v) is 4.87. The van der Waals surface area contributed by atoms with Crippen molar-refractivity contribution < 1.29 is 0 Å². The lowest BCUT2D eigenvalue weighted by atomic mass is 9.95. The molecule has 3 nitrogen and oxygen atoms in total. The van der Waals surface area contributed by atoms with Crippen LogP contribution in [0.2, 0.25) is 0 Å². The van der Waals surface area contributed by atoms with Gasteiger partial charge in [-0.15, -0.1) is 0 Å². The predicted octanol–water partition coefficient (Wildman–Crippen LogP) is 3.41. The number of aromatic nitrogens is 2. The maximum atomic E-state index is 6.07. The van der Waals surface area contributed by atoms with E-state index in [4.69, 9.17) is 5.73 Å². The minimum absolute atomic E-state index is 0.00685. The first kappa shape index (κ1) is 12.5. The van der Waals surface area contributed by atoms with Gasteiger partial charge in [0.1, 0.15) is 11.9 Å². The summed E-state index contributed by atoms with van der Waals surface area (Å²) in [4.78, 5) is 0. The minimum atomic E-state index is 0.00685. The quantitative estimate of drug-likeness (QED) is 0.787. The normalized spacial score (nSPS) is 12.2. The van der Waals surface area contributed by atoms with E-state index >= 15 is 0 Å². The van der Waals surface area contributed by atoms with E-state index in [-0.39, 0.29) is 6.04 Å². The second-order valence-electron chi connectivity index (χ2n) is 4.87. The van der Waals surface area contributed by atoms with Gasteiger partial charge in [0.25, 0.3) is 0 Å². The second kappa shape index (κ2) is 5.21. The van der Waals surface area contributed by atoms with Crippen LogP contribution in [-0.4, -0.2) is 9.78 Å². The smallest absolute Gasteiger partial charge is 0.122 e. The van der Waals surface area contributed by atoms with E-state index in [2.05, 4.69) is 42.4 Å². The molecule has 3 rings (SSSR count). The Balaban J connectivity index is 2.20. The highest BCUT2D eigenvalue weighted by atomic mass is 15.3. The van der Waals surface area contributed by atoms with Crippen molar-refractivity contribution in [1.29, 1.82) is 0 Å². The molecule has 2 N–H and O–H groups in total. The zero-order valence-electron chi connectivity index (χ0n) is 11.4. The van der Waals surface area contributed by atoms with E-state index in [0.29, 0.717) is 5.82 Å². The minimum Gasteiger partial charge on any atom is -0.384 e. The molecule has 0 bridgehead atoms. The molecule has 3 heteroatoms. The Morgan fingerprint density at radius 2 is 1.65 bits per heavy atom. The number of rotatable bonds is 3. The maximum Gasteiger partial charge on any atom is 0.122 e. The number of anilines is 1. The standard InChI is InChI=1S/C17H17N3/c1-13-7-5-6-10-15(13)17(14-8-3-2-4-9-14)20-16(18)11-12-19-20/h2-12,17H,18H2,1H3. The van der Waals surface area contributed by atoms with Gasteiger partial charge in [-0.2, -0.15) is 5.10 Å². The van der Waals surface area contributed by atoms with Crippen LogP contribution in [0.25, 0.3) is 0 Å². The van der Waals surface area contributed by atoms with Gasteiger partial charge in [0.2, 0.25) is 0 Å². The molecule has 0 spiro atoms. The summed E-state index contributed by atoms with van der Waals surface area (Å²) in [6, 6.07) is 20.5. The lowest BCUT2D eigenvalue weighted by molar-refractivity contribution is 0.602. The molecular weight excluding hydrogens is 246 g/mol. The van der Waals surface area contributed by atoms with Crippen LogP contribution in [0, 0.1) is 6.92 Å². The molecule has 0 aliphatic rings. The van der Waals surface area contributed by atoms with Gasteiger partial charge in [-0.3, -0.25) is 0 Å². The molecular formula is C17H17N3. The van der Waals surface area contributed by atoms with Crippen molar-refractivity contribution in [3.8, 4) is 0 Å². The number of hydrogen-bond acceptors (Lipinski definition) is 2. The number of nitrogen functional groups attached to an aromatic ring is 1. The fourth-order valence-corrected chi connectivity index (χ4v) is 2.52. The van der Waals surface area contributed by atoms with Gasteiger partial charge in [-0.05, 0) is 29.7 Å². The van der Waals surface area contributed by atoms with Crippen LogP contribution in [0.1, 0.15) is 22.7 Å². The molecule has 1 heterocycles. The average Bonchev–Trinajstić information content (AvgIpc) is 2.89. The third-order valence-corrected chi connectivity index (χ3v) is 3.54. The van der Waals surface area contributed by atoms with Gasteiger partial charge in [-0.25, -0.2) is 4.68 Å². The first-order chi connectivity index (χ1) is 9.77. The van der Waals surface area contributed by atoms with Gasteiger partial charge in [0, 0.05) is 0 Å². The van der Waals surface area contributed by atoms with Crippen molar-refractivity contribution in [2.75, 3.05) is 5.73 Å². The molecule has 100 valence electrons. The summed E-state index contributed by atoms with van der Waals surface area (Å²) >= 11 is 0. The van der Waals surface area contributed by atoms with Gasteiger partial charge >= 0.3 is 0 Å². The van der Waals surface area contributed by atoms with Gasteiger partial charge in [-0.1, -0.05) is 54.6 Å². The van der Waals surface area contributed by atoms with Crippen molar-refractivity contribution in [2.24, 2.45) is 0 Å². The van der Waals surface area contributed by atoms with Crippen LogP contribution in [-0.2, 0) is 0 Å². The zero-order chi connectivity index (χ0) is 13.9. The first-order valence-electron chi connectivity index (χ1n) is 6.67. The third kappa shape index (κ3) is 2.18. The van der Waals surface area contributed by atoms with Crippen LogP contribution in [0.15, 0.2) is 66.9 Å². The van der Waals surface area contributed by atoms with Crippen molar-refractivity contribution in [1.82, 2.24) is 9.78 Å². The van der Waals surface area contributed by atoms with Gasteiger partial charge < -0.3 is 5.73 Å². The van der Waals surface area contributed by atoms with Crippen molar-refractivity contribution >= 4 is 5.82 Å². The topological polar surface area (TPSA) is 43.8 Å². The summed E-state index contributed by atoms with van der Waals surface area (Å²) < 4.78 is 1.87. The summed E-state index contributed by atoms with van der Waals surface area (Å²) in [6.45, 7) is 2.12. The molecule has 1 atom stereocenters. The summed E-state index contributed by atoms with van der Waals surface area (Å²) in [5.74, 6) is 0.669. The molecule has 0 fully saturated rings. The summed E-state index contributed by atoms with van der Waals surface area (Å²) in [5.41, 5.74) is 9.69. The zero-order valence-corrected chi connectivity index (χ0v) is 11.4. The number of nitrogens with zero attached hydrogens (tertiary/aromatic N) is 2. The van der Waals surface area contributed by atoms with Crippen molar-refractivity contribution in [2.45, 2.75) is 13.0 Å². The molecule has 0 saturated carbocycles.